The first-order valence-corrected chi connectivity index (χ1v) is 6.04. The maximum atomic E-state index is 14.2. The highest BCUT2D eigenvalue weighted by atomic mass is 19.1. The first-order valence-electron chi connectivity index (χ1n) is 6.04. The van der Waals surface area contributed by atoms with Gasteiger partial charge >= 0.3 is 5.97 Å². The van der Waals surface area contributed by atoms with E-state index in [2.05, 4.69) is 9.72 Å². The molecule has 0 fully saturated rings. The predicted molar refractivity (Wildman–Crippen MR) is 71.6 cm³/mol. The molecule has 1 unspecified atom stereocenters. The highest BCUT2D eigenvalue weighted by molar-refractivity contribution is 5.90. The van der Waals surface area contributed by atoms with Gasteiger partial charge in [0.25, 0.3) is 0 Å². The van der Waals surface area contributed by atoms with Crippen molar-refractivity contribution >= 4 is 5.97 Å². The number of rotatable bonds is 3. The standard InChI is InChI=1S/C15H14FNO3/c1-9(18)13-8-17-6-5-11(13)12-4-3-10(7-14(12)16)15(19)20-2/h3-9,18H,1-2H3. The SMILES string of the molecule is COC(=O)c1ccc(-c2ccncc2C(C)O)c(F)c1. The minimum absolute atomic E-state index is 0.140. The Balaban J connectivity index is 2.52. The number of benzene rings is 1. The van der Waals surface area contributed by atoms with Gasteiger partial charge in [-0.15, -0.1) is 0 Å². The lowest BCUT2D eigenvalue weighted by Gasteiger charge is -2.12. The Morgan fingerprint density at radius 2 is 2.10 bits per heavy atom. The molecular weight excluding hydrogens is 261 g/mol. The quantitative estimate of drug-likeness (QED) is 0.875. The highest BCUT2D eigenvalue weighted by Gasteiger charge is 2.15. The van der Waals surface area contributed by atoms with Gasteiger partial charge in [0.1, 0.15) is 5.82 Å². The lowest BCUT2D eigenvalue weighted by Crippen LogP contribution is -2.03. The number of hydrogen-bond donors (Lipinski definition) is 1. The molecule has 1 aromatic carbocycles. The Bertz CT molecular complexity index is 641. The van der Waals surface area contributed by atoms with Gasteiger partial charge < -0.3 is 9.84 Å². The summed E-state index contributed by atoms with van der Waals surface area (Å²) in [4.78, 5) is 15.3. The van der Waals surface area contributed by atoms with Crippen molar-refractivity contribution < 1.29 is 19.0 Å². The first kappa shape index (κ1) is 14.1. The summed E-state index contributed by atoms with van der Waals surface area (Å²) in [5.74, 6) is -1.15. The number of aliphatic hydroxyl groups excluding tert-OH is 1. The minimum atomic E-state index is -0.765. The fourth-order valence-corrected chi connectivity index (χ4v) is 1.96. The molecule has 1 aromatic heterocycles. The smallest absolute Gasteiger partial charge is 0.337 e. The maximum Gasteiger partial charge on any atom is 0.337 e. The monoisotopic (exact) mass is 275 g/mol. The average Bonchev–Trinajstić information content (AvgIpc) is 2.46. The molecule has 2 rings (SSSR count). The van der Waals surface area contributed by atoms with Gasteiger partial charge in [-0.25, -0.2) is 9.18 Å². The number of aliphatic hydroxyl groups is 1. The predicted octanol–water partition coefficient (Wildman–Crippen LogP) is 2.73. The molecule has 1 heterocycles. The normalized spacial score (nSPS) is 12.0. The summed E-state index contributed by atoms with van der Waals surface area (Å²) in [6.45, 7) is 1.58. The van der Waals surface area contributed by atoms with Gasteiger partial charge in [0.05, 0.1) is 18.8 Å². The van der Waals surface area contributed by atoms with Gasteiger partial charge in [0.2, 0.25) is 0 Å². The molecule has 0 aliphatic carbocycles. The third-order valence-corrected chi connectivity index (χ3v) is 2.98. The number of esters is 1. The number of ether oxygens (including phenoxy) is 1. The van der Waals surface area contributed by atoms with E-state index in [9.17, 15) is 14.3 Å². The minimum Gasteiger partial charge on any atom is -0.465 e. The molecule has 1 N–H and O–H groups in total. The Labute approximate surface area is 115 Å². The van der Waals surface area contributed by atoms with Crippen LogP contribution in [0.5, 0.6) is 0 Å². The van der Waals surface area contributed by atoms with E-state index in [1.807, 2.05) is 0 Å². The summed E-state index contributed by atoms with van der Waals surface area (Å²) < 4.78 is 18.7. The van der Waals surface area contributed by atoms with Crippen LogP contribution in [0.3, 0.4) is 0 Å². The third kappa shape index (κ3) is 2.67. The Morgan fingerprint density at radius 3 is 2.70 bits per heavy atom. The average molecular weight is 275 g/mol. The molecule has 20 heavy (non-hydrogen) atoms. The van der Waals surface area contributed by atoms with Crippen molar-refractivity contribution in [1.82, 2.24) is 4.98 Å². The molecule has 0 radical (unpaired) electrons. The van der Waals surface area contributed by atoms with E-state index in [1.165, 1.54) is 31.6 Å². The van der Waals surface area contributed by atoms with Crippen LogP contribution in [0.2, 0.25) is 0 Å². The highest BCUT2D eigenvalue weighted by Crippen LogP contribution is 2.29. The van der Waals surface area contributed by atoms with E-state index in [1.54, 1.807) is 13.0 Å². The number of halogens is 1. The third-order valence-electron chi connectivity index (χ3n) is 2.98. The molecule has 0 aliphatic heterocycles. The van der Waals surface area contributed by atoms with Gasteiger partial charge in [0.15, 0.2) is 0 Å². The van der Waals surface area contributed by atoms with Crippen LogP contribution in [0, 0.1) is 5.82 Å². The molecule has 0 saturated carbocycles. The topological polar surface area (TPSA) is 59.4 Å². The molecule has 0 bridgehead atoms. The van der Waals surface area contributed by atoms with Crippen LogP contribution in [0.25, 0.3) is 11.1 Å². The lowest BCUT2D eigenvalue weighted by molar-refractivity contribution is 0.0600. The number of pyridine rings is 1. The van der Waals surface area contributed by atoms with E-state index in [0.717, 1.165) is 6.07 Å². The van der Waals surface area contributed by atoms with Crippen LogP contribution in [0.1, 0.15) is 28.9 Å². The van der Waals surface area contributed by atoms with Crippen molar-refractivity contribution in [2.45, 2.75) is 13.0 Å². The number of nitrogens with zero attached hydrogens (tertiary/aromatic N) is 1. The van der Waals surface area contributed by atoms with Crippen molar-refractivity contribution in [1.29, 1.82) is 0 Å². The molecule has 0 saturated heterocycles. The van der Waals surface area contributed by atoms with Crippen LogP contribution in [0.15, 0.2) is 36.7 Å². The van der Waals surface area contributed by atoms with Gasteiger partial charge in [-0.1, -0.05) is 6.07 Å². The molecule has 0 amide bonds. The summed E-state index contributed by atoms with van der Waals surface area (Å²) in [7, 11) is 1.24. The van der Waals surface area contributed by atoms with Crippen molar-refractivity contribution in [3.8, 4) is 11.1 Å². The molecular formula is C15H14FNO3. The summed E-state index contributed by atoms with van der Waals surface area (Å²) >= 11 is 0. The zero-order valence-electron chi connectivity index (χ0n) is 11.1. The number of carbonyl (C=O) groups excluding carboxylic acids is 1. The summed E-state index contributed by atoms with van der Waals surface area (Å²) in [6.07, 6.45) is 2.25. The van der Waals surface area contributed by atoms with Gasteiger partial charge in [-0.05, 0) is 30.7 Å². The van der Waals surface area contributed by atoms with Crippen LogP contribution < -0.4 is 0 Å². The Hall–Kier alpha value is -2.27. The van der Waals surface area contributed by atoms with Crippen LogP contribution in [0.4, 0.5) is 4.39 Å². The Kier molecular flexibility index (Phi) is 4.10. The molecule has 0 spiro atoms. The van der Waals surface area contributed by atoms with Crippen molar-refractivity contribution in [2.75, 3.05) is 7.11 Å². The van der Waals surface area contributed by atoms with E-state index in [0.29, 0.717) is 16.7 Å². The fourth-order valence-electron chi connectivity index (χ4n) is 1.96. The number of aromatic nitrogens is 1. The van der Waals surface area contributed by atoms with E-state index >= 15 is 0 Å². The second-order valence-electron chi connectivity index (χ2n) is 4.33. The second kappa shape index (κ2) is 5.79. The van der Waals surface area contributed by atoms with Crippen molar-refractivity contribution in [3.63, 3.8) is 0 Å². The van der Waals surface area contributed by atoms with Crippen LogP contribution in [-0.2, 0) is 4.74 Å². The van der Waals surface area contributed by atoms with E-state index in [4.69, 9.17) is 0 Å². The van der Waals surface area contributed by atoms with Crippen LogP contribution in [-0.4, -0.2) is 23.2 Å². The number of hydrogen-bond acceptors (Lipinski definition) is 4. The van der Waals surface area contributed by atoms with E-state index < -0.39 is 17.9 Å². The fraction of sp³-hybridized carbons (Fsp3) is 0.200. The molecule has 104 valence electrons. The second-order valence-corrected chi connectivity index (χ2v) is 4.33. The van der Waals surface area contributed by atoms with Gasteiger partial charge in [-0.3, -0.25) is 4.98 Å². The van der Waals surface area contributed by atoms with Gasteiger partial charge in [-0.2, -0.15) is 0 Å². The molecule has 5 heteroatoms. The summed E-state index contributed by atoms with van der Waals surface area (Å²) in [5, 5.41) is 9.70. The molecule has 0 aliphatic rings. The summed E-state index contributed by atoms with van der Waals surface area (Å²) in [5.41, 5.74) is 1.51. The van der Waals surface area contributed by atoms with Crippen molar-refractivity contribution in [3.05, 3.63) is 53.6 Å². The van der Waals surface area contributed by atoms with Gasteiger partial charge in [0, 0.05) is 23.5 Å². The number of methoxy groups -OCH3 is 1. The molecule has 4 nitrogen and oxygen atoms in total. The Morgan fingerprint density at radius 1 is 1.35 bits per heavy atom. The lowest BCUT2D eigenvalue weighted by atomic mass is 9.97. The first-order chi connectivity index (χ1) is 9.54. The maximum absolute atomic E-state index is 14.2. The zero-order chi connectivity index (χ0) is 14.7. The van der Waals surface area contributed by atoms with E-state index in [-0.39, 0.29) is 5.56 Å². The van der Waals surface area contributed by atoms with Crippen LogP contribution >= 0.6 is 0 Å². The zero-order valence-corrected chi connectivity index (χ0v) is 11.1. The number of carbonyl (C=O) groups is 1. The molecule has 2 aromatic rings. The summed E-state index contributed by atoms with van der Waals surface area (Å²) in [6, 6.07) is 5.71. The molecule has 1 atom stereocenters. The largest absolute Gasteiger partial charge is 0.465 e. The van der Waals surface area contributed by atoms with Crippen molar-refractivity contribution in [2.24, 2.45) is 0 Å².